The van der Waals surface area contributed by atoms with Gasteiger partial charge in [-0.2, -0.15) is 0 Å². The number of benzene rings is 2. The fraction of sp³-hybridized carbons (Fsp3) is 0.143. The van der Waals surface area contributed by atoms with Crippen molar-refractivity contribution in [2.75, 3.05) is 5.32 Å². The molecule has 1 atom stereocenters. The van der Waals surface area contributed by atoms with E-state index < -0.39 is 4.92 Å². The number of halogens is 3. The molecule has 0 heterocycles. The van der Waals surface area contributed by atoms with Gasteiger partial charge in [-0.05, 0) is 24.6 Å². The second-order valence-electron chi connectivity index (χ2n) is 4.46. The molecule has 0 bridgehead atoms. The minimum absolute atomic E-state index is 0.111. The molecule has 2 rings (SSSR count). The van der Waals surface area contributed by atoms with Crippen LogP contribution in [0.4, 0.5) is 11.4 Å². The standard InChI is InChI=1S/C14H11Cl3N2O2/c1-8(9-3-2-4-10(15)5-9)18-14-12(16)6-11(19(20)21)7-13(14)17/h2-8,18H,1H3. The van der Waals surface area contributed by atoms with Crippen molar-refractivity contribution in [3.63, 3.8) is 0 Å². The molecule has 0 aliphatic rings. The van der Waals surface area contributed by atoms with Gasteiger partial charge in [0, 0.05) is 23.2 Å². The number of nitrogens with zero attached hydrogens (tertiary/aromatic N) is 1. The van der Waals surface area contributed by atoms with E-state index in [1.54, 1.807) is 6.07 Å². The van der Waals surface area contributed by atoms with Gasteiger partial charge in [0.15, 0.2) is 0 Å². The third kappa shape index (κ3) is 3.79. The average Bonchev–Trinajstić information content (AvgIpc) is 2.42. The first-order valence-electron chi connectivity index (χ1n) is 6.04. The van der Waals surface area contributed by atoms with E-state index in [9.17, 15) is 10.1 Å². The van der Waals surface area contributed by atoms with Crippen LogP contribution in [0.5, 0.6) is 0 Å². The molecule has 110 valence electrons. The van der Waals surface area contributed by atoms with E-state index in [1.165, 1.54) is 12.1 Å². The molecule has 0 spiro atoms. The molecular weight excluding hydrogens is 335 g/mol. The zero-order valence-electron chi connectivity index (χ0n) is 10.9. The molecule has 1 N–H and O–H groups in total. The maximum atomic E-state index is 10.8. The SMILES string of the molecule is CC(Nc1c(Cl)cc([N+](=O)[O-])cc1Cl)c1cccc(Cl)c1. The van der Waals surface area contributed by atoms with Crippen LogP contribution in [-0.2, 0) is 0 Å². The highest BCUT2D eigenvalue weighted by Gasteiger charge is 2.16. The molecule has 2 aromatic rings. The zero-order valence-corrected chi connectivity index (χ0v) is 13.2. The lowest BCUT2D eigenvalue weighted by molar-refractivity contribution is -0.384. The highest BCUT2D eigenvalue weighted by Crippen LogP contribution is 2.36. The zero-order chi connectivity index (χ0) is 15.6. The van der Waals surface area contributed by atoms with Gasteiger partial charge in [0.1, 0.15) is 0 Å². The van der Waals surface area contributed by atoms with Gasteiger partial charge >= 0.3 is 0 Å². The van der Waals surface area contributed by atoms with Crippen LogP contribution in [0.15, 0.2) is 36.4 Å². The second-order valence-corrected chi connectivity index (χ2v) is 5.71. The summed E-state index contributed by atoms with van der Waals surface area (Å²) < 4.78 is 0. The fourth-order valence-electron chi connectivity index (χ4n) is 1.88. The predicted molar refractivity (Wildman–Crippen MR) is 86.6 cm³/mol. The van der Waals surface area contributed by atoms with Gasteiger partial charge in [0.05, 0.1) is 20.7 Å². The number of anilines is 1. The summed E-state index contributed by atoms with van der Waals surface area (Å²) in [5.74, 6) is 0. The molecule has 0 aromatic heterocycles. The molecule has 0 amide bonds. The Morgan fingerprint density at radius 1 is 1.14 bits per heavy atom. The Labute approximate surface area is 136 Å². The molecule has 1 unspecified atom stereocenters. The predicted octanol–water partition coefficient (Wildman–Crippen LogP) is 5.73. The summed E-state index contributed by atoms with van der Waals surface area (Å²) in [5, 5.41) is 14.9. The van der Waals surface area contributed by atoms with Crippen LogP contribution in [-0.4, -0.2) is 4.92 Å². The lowest BCUT2D eigenvalue weighted by Crippen LogP contribution is -2.07. The Kier molecular flexibility index (Phi) is 4.93. The van der Waals surface area contributed by atoms with Crippen molar-refractivity contribution in [1.82, 2.24) is 0 Å². The summed E-state index contributed by atoms with van der Waals surface area (Å²) >= 11 is 18.1. The van der Waals surface area contributed by atoms with Crippen molar-refractivity contribution in [2.45, 2.75) is 13.0 Å². The minimum Gasteiger partial charge on any atom is -0.376 e. The van der Waals surface area contributed by atoms with E-state index in [0.29, 0.717) is 10.7 Å². The number of nitro groups is 1. The van der Waals surface area contributed by atoms with Crippen LogP contribution in [0.3, 0.4) is 0 Å². The topological polar surface area (TPSA) is 55.2 Å². The monoisotopic (exact) mass is 344 g/mol. The maximum Gasteiger partial charge on any atom is 0.272 e. The van der Waals surface area contributed by atoms with Gasteiger partial charge in [-0.15, -0.1) is 0 Å². The largest absolute Gasteiger partial charge is 0.376 e. The van der Waals surface area contributed by atoms with Crippen molar-refractivity contribution < 1.29 is 4.92 Å². The van der Waals surface area contributed by atoms with E-state index in [-0.39, 0.29) is 21.8 Å². The molecule has 2 aromatic carbocycles. The quantitative estimate of drug-likeness (QED) is 0.569. The molecule has 0 aliphatic carbocycles. The number of hydrogen-bond acceptors (Lipinski definition) is 3. The average molecular weight is 346 g/mol. The fourth-order valence-corrected chi connectivity index (χ4v) is 2.66. The third-order valence-corrected chi connectivity index (χ3v) is 3.78. The first-order chi connectivity index (χ1) is 9.88. The lowest BCUT2D eigenvalue weighted by Gasteiger charge is -2.18. The number of hydrogen-bond donors (Lipinski definition) is 1. The van der Waals surface area contributed by atoms with Crippen LogP contribution in [0, 0.1) is 10.1 Å². The van der Waals surface area contributed by atoms with Gasteiger partial charge in [-0.1, -0.05) is 46.9 Å². The Bertz CT molecular complexity index is 669. The molecule has 7 heteroatoms. The third-order valence-electron chi connectivity index (χ3n) is 2.95. The summed E-state index contributed by atoms with van der Waals surface area (Å²) in [7, 11) is 0. The molecule has 0 saturated carbocycles. The van der Waals surface area contributed by atoms with Crippen LogP contribution >= 0.6 is 34.8 Å². The normalized spacial score (nSPS) is 12.0. The van der Waals surface area contributed by atoms with E-state index >= 15 is 0 Å². The first-order valence-corrected chi connectivity index (χ1v) is 7.17. The number of rotatable bonds is 4. The number of nitrogens with one attached hydrogen (secondary N) is 1. The lowest BCUT2D eigenvalue weighted by atomic mass is 10.1. The van der Waals surface area contributed by atoms with Crippen LogP contribution in [0.1, 0.15) is 18.5 Å². The Morgan fingerprint density at radius 3 is 2.29 bits per heavy atom. The van der Waals surface area contributed by atoms with Gasteiger partial charge in [0.25, 0.3) is 5.69 Å². The second kappa shape index (κ2) is 6.52. The van der Waals surface area contributed by atoms with E-state index in [0.717, 1.165) is 5.56 Å². The van der Waals surface area contributed by atoms with E-state index in [4.69, 9.17) is 34.8 Å². The highest BCUT2D eigenvalue weighted by molar-refractivity contribution is 6.39. The Balaban J connectivity index is 2.29. The summed E-state index contributed by atoms with van der Waals surface area (Å²) in [5.41, 5.74) is 1.26. The van der Waals surface area contributed by atoms with Crippen molar-refractivity contribution >= 4 is 46.2 Å². The van der Waals surface area contributed by atoms with Crippen molar-refractivity contribution in [3.8, 4) is 0 Å². The first kappa shape index (κ1) is 15.9. The van der Waals surface area contributed by atoms with Crippen LogP contribution < -0.4 is 5.32 Å². The van der Waals surface area contributed by atoms with Crippen molar-refractivity contribution in [2.24, 2.45) is 0 Å². The van der Waals surface area contributed by atoms with Crippen molar-refractivity contribution in [3.05, 3.63) is 67.1 Å². The molecule has 4 nitrogen and oxygen atoms in total. The summed E-state index contributed by atoms with van der Waals surface area (Å²) in [6, 6.07) is 9.78. The Morgan fingerprint density at radius 2 is 1.76 bits per heavy atom. The molecule has 0 aliphatic heterocycles. The van der Waals surface area contributed by atoms with Crippen molar-refractivity contribution in [1.29, 1.82) is 0 Å². The van der Waals surface area contributed by atoms with E-state index in [1.807, 2.05) is 25.1 Å². The molecule has 0 saturated heterocycles. The maximum absolute atomic E-state index is 10.8. The molecule has 0 radical (unpaired) electrons. The van der Waals surface area contributed by atoms with Gasteiger partial charge < -0.3 is 5.32 Å². The van der Waals surface area contributed by atoms with Gasteiger partial charge in [-0.25, -0.2) is 0 Å². The van der Waals surface area contributed by atoms with Gasteiger partial charge in [0.2, 0.25) is 0 Å². The van der Waals surface area contributed by atoms with Gasteiger partial charge in [-0.3, -0.25) is 10.1 Å². The molecule has 21 heavy (non-hydrogen) atoms. The molecule has 0 fully saturated rings. The summed E-state index contributed by atoms with van der Waals surface area (Å²) in [6.45, 7) is 1.92. The molecular formula is C14H11Cl3N2O2. The smallest absolute Gasteiger partial charge is 0.272 e. The number of nitro benzene ring substituents is 1. The van der Waals surface area contributed by atoms with E-state index in [2.05, 4.69) is 5.32 Å². The Hall–Kier alpha value is -1.49. The highest BCUT2D eigenvalue weighted by atomic mass is 35.5. The van der Waals surface area contributed by atoms with Crippen LogP contribution in [0.2, 0.25) is 15.1 Å². The summed E-state index contributed by atoms with van der Waals surface area (Å²) in [6.07, 6.45) is 0. The number of non-ortho nitro benzene ring substituents is 1. The van der Waals surface area contributed by atoms with Crippen LogP contribution in [0.25, 0.3) is 0 Å². The minimum atomic E-state index is -0.540. The summed E-state index contributed by atoms with van der Waals surface area (Å²) in [4.78, 5) is 10.2.